The van der Waals surface area contributed by atoms with Crippen LogP contribution in [0.5, 0.6) is 0 Å². The molecular weight excluding hydrogens is 228 g/mol. The van der Waals surface area contributed by atoms with Crippen LogP contribution in [0.4, 0.5) is 11.4 Å². The minimum Gasteiger partial charge on any atom is -0.322 e. The highest BCUT2D eigenvalue weighted by Gasteiger charge is 2.11. The van der Waals surface area contributed by atoms with E-state index in [9.17, 15) is 9.59 Å². The van der Waals surface area contributed by atoms with Gasteiger partial charge in [0, 0.05) is 22.5 Å². The van der Waals surface area contributed by atoms with Crippen LogP contribution in [-0.2, 0) is 0 Å². The van der Waals surface area contributed by atoms with Gasteiger partial charge in [0.1, 0.15) is 0 Å². The highest BCUT2D eigenvalue weighted by molar-refractivity contribution is 6.08. The van der Waals surface area contributed by atoms with Crippen molar-refractivity contribution < 1.29 is 9.59 Å². The number of benzene rings is 2. The summed E-state index contributed by atoms with van der Waals surface area (Å²) in [7, 11) is 0. The van der Waals surface area contributed by atoms with Gasteiger partial charge in [-0.1, -0.05) is 0 Å². The molecule has 0 saturated carbocycles. The second-order valence-electron chi connectivity index (χ2n) is 4.06. The molecule has 88 valence electrons. The Bertz CT molecular complexity index is 559. The van der Waals surface area contributed by atoms with Gasteiger partial charge in [-0.05, 0) is 48.5 Å². The lowest BCUT2D eigenvalue weighted by molar-refractivity contribution is 0.101. The molecule has 2 N–H and O–H groups in total. The Hall–Kier alpha value is -2.62. The zero-order valence-electron chi connectivity index (χ0n) is 9.44. The van der Waals surface area contributed by atoms with Crippen molar-refractivity contribution in [3.8, 4) is 0 Å². The largest absolute Gasteiger partial charge is 0.322 e. The third kappa shape index (κ3) is 1.84. The number of rotatable bonds is 0. The van der Waals surface area contributed by atoms with Gasteiger partial charge in [0.2, 0.25) is 0 Å². The Balaban J connectivity index is 2.11. The summed E-state index contributed by atoms with van der Waals surface area (Å²) in [6, 6.07) is 13.6. The van der Waals surface area contributed by atoms with E-state index in [0.29, 0.717) is 22.5 Å². The van der Waals surface area contributed by atoms with E-state index in [1.807, 2.05) is 0 Å². The van der Waals surface area contributed by atoms with Crippen LogP contribution in [0.15, 0.2) is 48.5 Å². The minimum absolute atomic E-state index is 0.185. The molecule has 4 bridgehead atoms. The Morgan fingerprint density at radius 1 is 0.556 bits per heavy atom. The maximum Gasteiger partial charge on any atom is 0.255 e. The molecule has 0 unspecified atom stereocenters. The predicted molar refractivity (Wildman–Crippen MR) is 68.8 cm³/mol. The summed E-state index contributed by atoms with van der Waals surface area (Å²) < 4.78 is 0. The lowest BCUT2D eigenvalue weighted by atomic mass is 10.1. The molecule has 2 aromatic rings. The second kappa shape index (κ2) is 4.00. The van der Waals surface area contributed by atoms with Crippen molar-refractivity contribution in [1.82, 2.24) is 0 Å². The monoisotopic (exact) mass is 238 g/mol. The first kappa shape index (κ1) is 10.5. The third-order valence-corrected chi connectivity index (χ3v) is 2.81. The first-order valence-corrected chi connectivity index (χ1v) is 5.55. The number of amides is 2. The van der Waals surface area contributed by atoms with Crippen molar-refractivity contribution in [2.24, 2.45) is 0 Å². The third-order valence-electron chi connectivity index (χ3n) is 2.81. The SMILES string of the molecule is O=C1Nc2ccc(cc2)NC(=O)c2ccc1cc2. The average molecular weight is 238 g/mol. The van der Waals surface area contributed by atoms with Crippen LogP contribution in [0.3, 0.4) is 0 Å². The number of anilines is 2. The van der Waals surface area contributed by atoms with Gasteiger partial charge in [-0.3, -0.25) is 9.59 Å². The quantitative estimate of drug-likeness (QED) is 0.740. The van der Waals surface area contributed by atoms with Crippen molar-refractivity contribution in [2.75, 3.05) is 10.6 Å². The molecule has 4 heteroatoms. The minimum atomic E-state index is -0.185. The van der Waals surface area contributed by atoms with E-state index >= 15 is 0 Å². The molecule has 4 heterocycles. The van der Waals surface area contributed by atoms with Crippen LogP contribution >= 0.6 is 0 Å². The van der Waals surface area contributed by atoms with Gasteiger partial charge in [-0.2, -0.15) is 0 Å². The Morgan fingerprint density at radius 3 is 1.22 bits per heavy atom. The van der Waals surface area contributed by atoms with Gasteiger partial charge in [0.25, 0.3) is 11.8 Å². The summed E-state index contributed by atoms with van der Waals surface area (Å²) >= 11 is 0. The van der Waals surface area contributed by atoms with Crippen molar-refractivity contribution in [3.05, 3.63) is 59.7 Å². The van der Waals surface area contributed by atoms with E-state index in [1.165, 1.54) is 0 Å². The summed E-state index contributed by atoms with van der Waals surface area (Å²) in [5.74, 6) is -0.370. The van der Waals surface area contributed by atoms with Crippen LogP contribution in [0.1, 0.15) is 20.7 Å². The molecule has 18 heavy (non-hydrogen) atoms. The number of carbonyl (C=O) groups excluding carboxylic acids is 2. The average Bonchev–Trinajstić information content (AvgIpc) is 2.40. The second-order valence-corrected chi connectivity index (χ2v) is 4.06. The molecule has 6 rings (SSSR count). The van der Waals surface area contributed by atoms with Gasteiger partial charge in [-0.15, -0.1) is 0 Å². The lowest BCUT2D eigenvalue weighted by Gasteiger charge is -2.11. The van der Waals surface area contributed by atoms with Crippen LogP contribution in [0.2, 0.25) is 0 Å². The van der Waals surface area contributed by atoms with Gasteiger partial charge in [-0.25, -0.2) is 0 Å². The summed E-state index contributed by atoms with van der Waals surface area (Å²) in [5.41, 5.74) is 2.44. The Labute approximate surface area is 104 Å². The van der Waals surface area contributed by atoms with Gasteiger partial charge >= 0.3 is 0 Å². The van der Waals surface area contributed by atoms with E-state index in [2.05, 4.69) is 10.6 Å². The van der Waals surface area contributed by atoms with Crippen molar-refractivity contribution in [3.63, 3.8) is 0 Å². The standard InChI is InChI=1S/C14H10N2O2/c17-13-9-1-2-10(4-3-9)14(18)16-12-7-5-11(15-13)6-8-12/h1-8H,(H,15,17)(H,16,18). The molecule has 0 aliphatic carbocycles. The molecule has 4 aliphatic heterocycles. The van der Waals surface area contributed by atoms with Gasteiger partial charge in [0.05, 0.1) is 0 Å². The summed E-state index contributed by atoms with van der Waals surface area (Å²) in [5, 5.41) is 5.58. The van der Waals surface area contributed by atoms with Crippen LogP contribution in [0, 0.1) is 0 Å². The van der Waals surface area contributed by atoms with Crippen LogP contribution in [-0.4, -0.2) is 11.8 Å². The molecular formula is C14H10N2O2. The molecule has 0 aromatic heterocycles. The topological polar surface area (TPSA) is 58.2 Å². The molecule has 0 atom stereocenters. The Morgan fingerprint density at radius 2 is 0.889 bits per heavy atom. The van der Waals surface area contributed by atoms with Gasteiger partial charge in [0.15, 0.2) is 0 Å². The van der Waals surface area contributed by atoms with E-state index in [1.54, 1.807) is 48.5 Å². The molecule has 2 aromatic carbocycles. The molecule has 0 spiro atoms. The molecule has 4 aliphatic rings. The van der Waals surface area contributed by atoms with Crippen molar-refractivity contribution in [1.29, 1.82) is 0 Å². The number of nitrogens with one attached hydrogen (secondary N) is 2. The molecule has 0 fully saturated rings. The normalized spacial score (nSPS) is 13.6. The van der Waals surface area contributed by atoms with Crippen molar-refractivity contribution in [2.45, 2.75) is 0 Å². The van der Waals surface area contributed by atoms with Crippen molar-refractivity contribution >= 4 is 23.2 Å². The lowest BCUT2D eigenvalue weighted by Crippen LogP contribution is -2.16. The number of hydrogen-bond donors (Lipinski definition) is 2. The zero-order chi connectivity index (χ0) is 12.5. The summed E-state index contributed by atoms with van der Waals surface area (Å²) in [6.45, 7) is 0. The smallest absolute Gasteiger partial charge is 0.255 e. The zero-order valence-corrected chi connectivity index (χ0v) is 9.44. The fourth-order valence-electron chi connectivity index (χ4n) is 1.82. The highest BCUT2D eigenvalue weighted by atomic mass is 16.2. The van der Waals surface area contributed by atoms with Crippen LogP contribution in [0.25, 0.3) is 0 Å². The maximum atomic E-state index is 11.9. The molecule has 4 nitrogen and oxygen atoms in total. The van der Waals surface area contributed by atoms with E-state index in [-0.39, 0.29) is 11.8 Å². The summed E-state index contributed by atoms with van der Waals surface area (Å²) in [4.78, 5) is 23.8. The van der Waals surface area contributed by atoms with Gasteiger partial charge < -0.3 is 10.6 Å². The molecule has 0 radical (unpaired) electrons. The predicted octanol–water partition coefficient (Wildman–Crippen LogP) is 2.50. The molecule has 2 amide bonds. The summed E-state index contributed by atoms with van der Waals surface area (Å²) in [6.07, 6.45) is 0. The first-order valence-electron chi connectivity index (χ1n) is 5.55. The maximum absolute atomic E-state index is 11.9. The molecule has 0 saturated heterocycles. The number of hydrogen-bond acceptors (Lipinski definition) is 2. The Kier molecular flexibility index (Phi) is 2.34. The first-order chi connectivity index (χ1) is 8.72. The highest BCUT2D eigenvalue weighted by Crippen LogP contribution is 2.17. The fourth-order valence-corrected chi connectivity index (χ4v) is 1.82. The van der Waals surface area contributed by atoms with Crippen LogP contribution < -0.4 is 10.6 Å². The number of carbonyl (C=O) groups is 2. The van der Waals surface area contributed by atoms with E-state index < -0.39 is 0 Å². The fraction of sp³-hybridized carbons (Fsp3) is 0. The van der Waals surface area contributed by atoms with E-state index in [0.717, 1.165) is 0 Å². The van der Waals surface area contributed by atoms with E-state index in [4.69, 9.17) is 0 Å².